The number of nitrogens with zero attached hydrogens (tertiary/aromatic N) is 2. The fourth-order valence-electron chi connectivity index (χ4n) is 3.06. The van der Waals surface area contributed by atoms with E-state index in [4.69, 9.17) is 16.0 Å². The smallest absolute Gasteiger partial charge is 0.209 e. The number of benzene rings is 1. The maximum Gasteiger partial charge on any atom is 0.209 e. The zero-order chi connectivity index (χ0) is 14.7. The molecule has 1 aliphatic heterocycles. The summed E-state index contributed by atoms with van der Waals surface area (Å²) in [5.41, 5.74) is 0.979. The molecule has 1 aliphatic rings. The molecule has 1 saturated heterocycles. The van der Waals surface area contributed by atoms with Crippen LogP contribution in [0.5, 0.6) is 0 Å². The van der Waals surface area contributed by atoms with Crippen molar-refractivity contribution < 1.29 is 4.42 Å². The average Bonchev–Trinajstić information content (AvgIpc) is 2.96. The number of aromatic nitrogens is 1. The second-order valence-corrected chi connectivity index (χ2v) is 6.09. The lowest BCUT2D eigenvalue weighted by molar-refractivity contribution is 0.124. The van der Waals surface area contributed by atoms with E-state index >= 15 is 0 Å². The molecular weight excluding hydrogens is 284 g/mol. The molecule has 1 atom stereocenters. The Balaban J connectivity index is 1.73. The van der Waals surface area contributed by atoms with Gasteiger partial charge in [0.25, 0.3) is 0 Å². The van der Waals surface area contributed by atoms with Gasteiger partial charge in [0.2, 0.25) is 5.89 Å². The van der Waals surface area contributed by atoms with Crippen molar-refractivity contribution in [2.24, 2.45) is 0 Å². The zero-order valence-corrected chi connectivity index (χ0v) is 13.1. The minimum absolute atomic E-state index is 0.667. The Morgan fingerprint density at radius 2 is 2.29 bits per heavy atom. The lowest BCUT2D eigenvalue weighted by atomic mass is 10.0. The van der Waals surface area contributed by atoms with Crippen LogP contribution in [0.25, 0.3) is 11.3 Å². The maximum absolute atomic E-state index is 6.02. The van der Waals surface area contributed by atoms with Crippen LogP contribution in [0.15, 0.2) is 34.9 Å². The summed E-state index contributed by atoms with van der Waals surface area (Å²) in [6, 6.07) is 8.35. The van der Waals surface area contributed by atoms with Crippen molar-refractivity contribution in [3.8, 4) is 11.3 Å². The molecule has 0 bridgehead atoms. The third kappa shape index (κ3) is 3.47. The molecule has 4 heteroatoms. The molecule has 2 heterocycles. The largest absolute Gasteiger partial charge is 0.439 e. The SMILES string of the molecule is CCC1CCCCN1Cc1ncc(-c2cccc(Cl)c2)o1. The first-order valence-corrected chi connectivity index (χ1v) is 8.08. The van der Waals surface area contributed by atoms with Gasteiger partial charge in [0.15, 0.2) is 5.76 Å². The van der Waals surface area contributed by atoms with E-state index < -0.39 is 0 Å². The van der Waals surface area contributed by atoms with E-state index in [2.05, 4.69) is 16.8 Å². The van der Waals surface area contributed by atoms with Crippen molar-refractivity contribution in [1.29, 1.82) is 0 Å². The number of piperidine rings is 1. The number of halogens is 1. The maximum atomic E-state index is 6.02. The molecule has 112 valence electrons. The summed E-state index contributed by atoms with van der Waals surface area (Å²) in [7, 11) is 0. The minimum atomic E-state index is 0.667. The van der Waals surface area contributed by atoms with Crippen LogP contribution >= 0.6 is 11.6 Å². The highest BCUT2D eigenvalue weighted by Crippen LogP contribution is 2.26. The van der Waals surface area contributed by atoms with Gasteiger partial charge >= 0.3 is 0 Å². The molecule has 1 unspecified atom stereocenters. The predicted octanol–water partition coefficient (Wildman–Crippen LogP) is 4.76. The van der Waals surface area contributed by atoms with Gasteiger partial charge in [-0.25, -0.2) is 4.98 Å². The van der Waals surface area contributed by atoms with Gasteiger partial charge in [-0.1, -0.05) is 37.1 Å². The number of oxazole rings is 1. The highest BCUT2D eigenvalue weighted by Gasteiger charge is 2.22. The van der Waals surface area contributed by atoms with E-state index in [0.29, 0.717) is 11.1 Å². The van der Waals surface area contributed by atoms with E-state index in [-0.39, 0.29) is 0 Å². The van der Waals surface area contributed by atoms with Crippen molar-refractivity contribution in [3.63, 3.8) is 0 Å². The lowest BCUT2D eigenvalue weighted by Crippen LogP contribution is -2.38. The fourth-order valence-corrected chi connectivity index (χ4v) is 3.25. The monoisotopic (exact) mass is 304 g/mol. The third-order valence-corrected chi connectivity index (χ3v) is 4.46. The first-order valence-electron chi connectivity index (χ1n) is 7.71. The van der Waals surface area contributed by atoms with Gasteiger partial charge in [0, 0.05) is 16.6 Å². The van der Waals surface area contributed by atoms with Crippen molar-refractivity contribution in [2.45, 2.75) is 45.2 Å². The normalized spacial score (nSPS) is 19.8. The molecule has 2 aromatic rings. The van der Waals surface area contributed by atoms with Crippen LogP contribution in [-0.4, -0.2) is 22.5 Å². The molecule has 0 spiro atoms. The molecular formula is C17H21ClN2O. The Bertz CT molecular complexity index is 596. The Kier molecular flexibility index (Phi) is 4.61. The zero-order valence-electron chi connectivity index (χ0n) is 12.4. The van der Waals surface area contributed by atoms with Gasteiger partial charge in [-0.2, -0.15) is 0 Å². The molecule has 0 aliphatic carbocycles. The van der Waals surface area contributed by atoms with Gasteiger partial charge in [0.05, 0.1) is 12.7 Å². The number of hydrogen-bond donors (Lipinski definition) is 0. The van der Waals surface area contributed by atoms with Crippen LogP contribution in [0.2, 0.25) is 5.02 Å². The van der Waals surface area contributed by atoms with E-state index in [1.165, 1.54) is 25.7 Å². The van der Waals surface area contributed by atoms with Crippen LogP contribution in [0.3, 0.4) is 0 Å². The van der Waals surface area contributed by atoms with Gasteiger partial charge < -0.3 is 4.42 Å². The molecule has 0 radical (unpaired) electrons. The molecule has 3 nitrogen and oxygen atoms in total. The van der Waals surface area contributed by atoms with Crippen molar-refractivity contribution in [1.82, 2.24) is 9.88 Å². The van der Waals surface area contributed by atoms with Crippen molar-refractivity contribution in [3.05, 3.63) is 41.4 Å². The molecule has 1 aromatic carbocycles. The summed E-state index contributed by atoms with van der Waals surface area (Å²) < 4.78 is 5.91. The van der Waals surface area contributed by atoms with Crippen LogP contribution in [0, 0.1) is 0 Å². The van der Waals surface area contributed by atoms with E-state index in [0.717, 1.165) is 30.3 Å². The molecule has 0 saturated carbocycles. The van der Waals surface area contributed by atoms with E-state index in [1.54, 1.807) is 6.20 Å². The first-order chi connectivity index (χ1) is 10.3. The highest BCUT2D eigenvalue weighted by molar-refractivity contribution is 6.30. The average molecular weight is 305 g/mol. The Morgan fingerprint density at radius 1 is 1.38 bits per heavy atom. The molecule has 0 amide bonds. The van der Waals surface area contributed by atoms with Crippen LogP contribution < -0.4 is 0 Å². The second kappa shape index (κ2) is 6.63. The molecule has 3 rings (SSSR count). The second-order valence-electron chi connectivity index (χ2n) is 5.66. The van der Waals surface area contributed by atoms with Crippen LogP contribution in [0.1, 0.15) is 38.5 Å². The van der Waals surface area contributed by atoms with Crippen molar-refractivity contribution >= 4 is 11.6 Å². The lowest BCUT2D eigenvalue weighted by Gasteiger charge is -2.34. The van der Waals surface area contributed by atoms with Gasteiger partial charge in [-0.05, 0) is 37.9 Å². The Morgan fingerprint density at radius 3 is 3.10 bits per heavy atom. The van der Waals surface area contributed by atoms with E-state index in [1.807, 2.05) is 24.3 Å². The summed E-state index contributed by atoms with van der Waals surface area (Å²) in [4.78, 5) is 6.93. The summed E-state index contributed by atoms with van der Waals surface area (Å²) >= 11 is 6.02. The Labute approximate surface area is 130 Å². The summed E-state index contributed by atoms with van der Waals surface area (Å²) in [6.45, 7) is 4.21. The standard InChI is InChI=1S/C17H21ClN2O/c1-2-15-8-3-4-9-20(15)12-17-19-11-16(21-17)13-6-5-7-14(18)10-13/h5-7,10-11,15H,2-4,8-9,12H2,1H3. The topological polar surface area (TPSA) is 29.3 Å². The summed E-state index contributed by atoms with van der Waals surface area (Å²) in [5.74, 6) is 1.59. The minimum Gasteiger partial charge on any atom is -0.439 e. The molecule has 1 fully saturated rings. The van der Waals surface area contributed by atoms with Gasteiger partial charge in [-0.15, -0.1) is 0 Å². The van der Waals surface area contributed by atoms with Crippen LogP contribution in [0.4, 0.5) is 0 Å². The molecule has 0 N–H and O–H groups in total. The fraction of sp³-hybridized carbons (Fsp3) is 0.471. The van der Waals surface area contributed by atoms with Crippen molar-refractivity contribution in [2.75, 3.05) is 6.54 Å². The summed E-state index contributed by atoms with van der Waals surface area (Å²) in [5, 5.41) is 0.715. The third-order valence-electron chi connectivity index (χ3n) is 4.22. The van der Waals surface area contributed by atoms with Gasteiger partial charge in [-0.3, -0.25) is 4.90 Å². The highest BCUT2D eigenvalue weighted by atomic mass is 35.5. The quantitative estimate of drug-likeness (QED) is 0.815. The van der Waals surface area contributed by atoms with Gasteiger partial charge in [0.1, 0.15) is 0 Å². The summed E-state index contributed by atoms with van der Waals surface area (Å²) in [6.07, 6.45) is 6.90. The number of likely N-dealkylation sites (tertiary alicyclic amines) is 1. The van der Waals surface area contributed by atoms with E-state index in [9.17, 15) is 0 Å². The predicted molar refractivity (Wildman–Crippen MR) is 85.3 cm³/mol. The molecule has 1 aromatic heterocycles. The number of hydrogen-bond acceptors (Lipinski definition) is 3. The number of rotatable bonds is 4. The van der Waals surface area contributed by atoms with Crippen LogP contribution in [-0.2, 0) is 6.54 Å². The Hall–Kier alpha value is -1.32. The molecule has 21 heavy (non-hydrogen) atoms. The first kappa shape index (κ1) is 14.6.